The van der Waals surface area contributed by atoms with E-state index < -0.39 is 0 Å². The van der Waals surface area contributed by atoms with Gasteiger partial charge in [0.25, 0.3) is 0 Å². The molecule has 100 valence electrons. The number of methoxy groups -OCH3 is 1. The van der Waals surface area contributed by atoms with E-state index in [1.54, 1.807) is 7.11 Å². The molecule has 0 radical (unpaired) electrons. The molecule has 0 spiro atoms. The fraction of sp³-hybridized carbons (Fsp3) is 0.571. The Morgan fingerprint density at radius 3 is 2.50 bits per heavy atom. The van der Waals surface area contributed by atoms with Crippen molar-refractivity contribution in [2.75, 3.05) is 26.9 Å². The second-order valence-corrected chi connectivity index (χ2v) is 5.92. The molecular weight excluding hydrogens is 250 g/mol. The van der Waals surface area contributed by atoms with Crippen LogP contribution in [0.5, 0.6) is 5.75 Å². The van der Waals surface area contributed by atoms with Gasteiger partial charge >= 0.3 is 0 Å². The lowest BCUT2D eigenvalue weighted by Gasteiger charge is -2.52. The molecule has 0 amide bonds. The zero-order chi connectivity index (χ0) is 13.4. The molecule has 4 heteroatoms. The van der Waals surface area contributed by atoms with Crippen LogP contribution in [-0.4, -0.2) is 26.9 Å². The number of hydrogen-bond donors (Lipinski definition) is 1. The van der Waals surface area contributed by atoms with Crippen LogP contribution in [0.1, 0.15) is 19.4 Å². The average molecular weight is 270 g/mol. The first-order valence-electron chi connectivity index (χ1n) is 6.09. The molecule has 18 heavy (non-hydrogen) atoms. The molecule has 1 saturated heterocycles. The molecule has 3 nitrogen and oxygen atoms in total. The fourth-order valence-corrected chi connectivity index (χ4v) is 2.67. The molecule has 1 fully saturated rings. The van der Waals surface area contributed by atoms with E-state index in [0.717, 1.165) is 0 Å². The highest BCUT2D eigenvalue weighted by atomic mass is 35.5. The number of ether oxygens (including phenoxy) is 2. The van der Waals surface area contributed by atoms with E-state index in [2.05, 4.69) is 19.9 Å². The summed E-state index contributed by atoms with van der Waals surface area (Å²) in [5.74, 6) is 0.696. The van der Waals surface area contributed by atoms with E-state index >= 15 is 0 Å². The lowest BCUT2D eigenvalue weighted by molar-refractivity contribution is -0.116. The largest absolute Gasteiger partial charge is 0.495 e. The van der Waals surface area contributed by atoms with E-state index in [9.17, 15) is 0 Å². The second-order valence-electron chi connectivity index (χ2n) is 5.51. The van der Waals surface area contributed by atoms with Crippen molar-refractivity contribution < 1.29 is 9.47 Å². The zero-order valence-corrected chi connectivity index (χ0v) is 11.9. The van der Waals surface area contributed by atoms with Crippen molar-refractivity contribution >= 4 is 11.6 Å². The van der Waals surface area contributed by atoms with Crippen LogP contribution >= 0.6 is 11.6 Å². The summed E-state index contributed by atoms with van der Waals surface area (Å²) >= 11 is 6.21. The smallest absolute Gasteiger partial charge is 0.137 e. The summed E-state index contributed by atoms with van der Waals surface area (Å²) in [7, 11) is 1.62. The molecule has 1 aliphatic rings. The van der Waals surface area contributed by atoms with E-state index in [1.165, 1.54) is 5.56 Å². The Balaban J connectivity index is 2.43. The minimum atomic E-state index is -0.0440. The fourth-order valence-electron chi connectivity index (χ4n) is 2.41. The van der Waals surface area contributed by atoms with Crippen molar-refractivity contribution in [1.29, 1.82) is 0 Å². The molecule has 0 bridgehead atoms. The normalized spacial score (nSPS) is 18.3. The SMILES string of the molecule is COc1ccc(C2(C(C)(C)CN)COC2)cc1Cl. The van der Waals surface area contributed by atoms with Gasteiger partial charge in [-0.2, -0.15) is 0 Å². The first-order chi connectivity index (χ1) is 8.47. The number of benzene rings is 1. The molecule has 1 aromatic rings. The van der Waals surface area contributed by atoms with Gasteiger partial charge < -0.3 is 15.2 Å². The Morgan fingerprint density at radius 2 is 2.11 bits per heavy atom. The topological polar surface area (TPSA) is 44.5 Å². The monoisotopic (exact) mass is 269 g/mol. The van der Waals surface area contributed by atoms with Gasteiger partial charge in [0.05, 0.1) is 25.3 Å². The van der Waals surface area contributed by atoms with Crippen molar-refractivity contribution in [3.63, 3.8) is 0 Å². The lowest BCUT2D eigenvalue weighted by Crippen LogP contribution is -2.59. The van der Waals surface area contributed by atoms with Gasteiger partial charge in [-0.3, -0.25) is 0 Å². The summed E-state index contributed by atoms with van der Waals surface area (Å²) in [6, 6.07) is 5.94. The van der Waals surface area contributed by atoms with Crippen LogP contribution < -0.4 is 10.5 Å². The van der Waals surface area contributed by atoms with Crippen molar-refractivity contribution in [3.05, 3.63) is 28.8 Å². The lowest BCUT2D eigenvalue weighted by atomic mass is 9.60. The summed E-state index contributed by atoms with van der Waals surface area (Å²) in [4.78, 5) is 0. The summed E-state index contributed by atoms with van der Waals surface area (Å²) in [6.45, 7) is 6.35. The Labute approximate surface area is 113 Å². The summed E-state index contributed by atoms with van der Waals surface area (Å²) in [5.41, 5.74) is 7.03. The summed E-state index contributed by atoms with van der Waals surface area (Å²) < 4.78 is 10.6. The van der Waals surface area contributed by atoms with Crippen LogP contribution in [0.3, 0.4) is 0 Å². The van der Waals surface area contributed by atoms with Gasteiger partial charge in [-0.25, -0.2) is 0 Å². The maximum Gasteiger partial charge on any atom is 0.137 e. The van der Waals surface area contributed by atoms with Gasteiger partial charge in [-0.15, -0.1) is 0 Å². The number of nitrogens with two attached hydrogens (primary N) is 1. The Morgan fingerprint density at radius 1 is 1.44 bits per heavy atom. The van der Waals surface area contributed by atoms with Gasteiger partial charge in [-0.1, -0.05) is 31.5 Å². The number of halogens is 1. The second kappa shape index (κ2) is 4.72. The van der Waals surface area contributed by atoms with Gasteiger partial charge in [0.2, 0.25) is 0 Å². The minimum absolute atomic E-state index is 0.0246. The minimum Gasteiger partial charge on any atom is -0.495 e. The van der Waals surface area contributed by atoms with Gasteiger partial charge in [0.1, 0.15) is 5.75 Å². The average Bonchev–Trinajstić information content (AvgIpc) is 2.27. The first kappa shape index (κ1) is 13.7. The van der Waals surface area contributed by atoms with Gasteiger partial charge in [-0.05, 0) is 29.7 Å². The Bertz CT molecular complexity index is 441. The van der Waals surface area contributed by atoms with Crippen LogP contribution in [0.15, 0.2) is 18.2 Å². The molecule has 0 atom stereocenters. The van der Waals surface area contributed by atoms with E-state index in [0.29, 0.717) is 30.5 Å². The van der Waals surface area contributed by atoms with Crippen molar-refractivity contribution in [3.8, 4) is 5.75 Å². The van der Waals surface area contributed by atoms with Gasteiger partial charge in [0, 0.05) is 5.41 Å². The van der Waals surface area contributed by atoms with Crippen molar-refractivity contribution in [2.45, 2.75) is 19.3 Å². The number of hydrogen-bond acceptors (Lipinski definition) is 3. The van der Waals surface area contributed by atoms with Crippen molar-refractivity contribution in [2.24, 2.45) is 11.1 Å². The predicted molar refractivity (Wildman–Crippen MR) is 73.3 cm³/mol. The van der Waals surface area contributed by atoms with Crippen LogP contribution in [-0.2, 0) is 10.2 Å². The summed E-state index contributed by atoms with van der Waals surface area (Å²) in [5, 5.41) is 0.633. The highest BCUT2D eigenvalue weighted by Crippen LogP contribution is 2.47. The molecular formula is C14H20ClNO2. The molecule has 1 aromatic carbocycles. The standard InChI is InChI=1S/C14H20ClNO2/c1-13(2,7-16)14(8-18-9-14)10-4-5-12(17-3)11(15)6-10/h4-6H,7-9,16H2,1-3H3. The van der Waals surface area contributed by atoms with Crippen molar-refractivity contribution in [1.82, 2.24) is 0 Å². The third-order valence-corrected chi connectivity index (χ3v) is 4.50. The maximum atomic E-state index is 6.21. The molecule has 1 aliphatic heterocycles. The molecule has 0 saturated carbocycles. The Hall–Kier alpha value is -0.770. The van der Waals surface area contributed by atoms with Gasteiger partial charge in [0.15, 0.2) is 0 Å². The Kier molecular flexibility index (Phi) is 3.58. The molecule has 0 aromatic heterocycles. The zero-order valence-electron chi connectivity index (χ0n) is 11.1. The molecule has 0 unspecified atom stereocenters. The maximum absolute atomic E-state index is 6.21. The third kappa shape index (κ3) is 1.91. The highest BCUT2D eigenvalue weighted by molar-refractivity contribution is 6.32. The highest BCUT2D eigenvalue weighted by Gasteiger charge is 2.51. The van der Waals surface area contributed by atoms with Crippen LogP contribution in [0.25, 0.3) is 0 Å². The number of rotatable bonds is 4. The van der Waals surface area contributed by atoms with E-state index in [1.807, 2.05) is 12.1 Å². The predicted octanol–water partition coefficient (Wildman–Crippen LogP) is 2.60. The van der Waals surface area contributed by atoms with Crippen LogP contribution in [0.4, 0.5) is 0 Å². The summed E-state index contributed by atoms with van der Waals surface area (Å²) in [6.07, 6.45) is 0. The third-order valence-electron chi connectivity index (χ3n) is 4.21. The first-order valence-corrected chi connectivity index (χ1v) is 6.46. The quantitative estimate of drug-likeness (QED) is 0.914. The molecule has 2 rings (SSSR count). The van der Waals surface area contributed by atoms with E-state index in [-0.39, 0.29) is 10.8 Å². The molecule has 0 aliphatic carbocycles. The molecule has 1 heterocycles. The van der Waals surface area contributed by atoms with Crippen LogP contribution in [0, 0.1) is 5.41 Å². The van der Waals surface area contributed by atoms with E-state index in [4.69, 9.17) is 26.8 Å². The molecule has 2 N–H and O–H groups in total. The van der Waals surface area contributed by atoms with Crippen LogP contribution in [0.2, 0.25) is 5.02 Å².